The number of rotatable bonds is 5. The Balaban J connectivity index is 2.46. The fraction of sp³-hybridized carbons (Fsp3) is 0.700. The minimum Gasteiger partial charge on any atom is -0.276 e. The first kappa shape index (κ1) is 10.8. The van der Waals surface area contributed by atoms with Crippen molar-refractivity contribution in [3.05, 3.63) is 18.0 Å². The van der Waals surface area contributed by atoms with E-state index in [1.165, 1.54) is 18.5 Å². The molecule has 0 saturated heterocycles. The van der Waals surface area contributed by atoms with E-state index in [4.69, 9.17) is 0 Å². The summed E-state index contributed by atoms with van der Waals surface area (Å²) in [6.07, 6.45) is 5.64. The van der Waals surface area contributed by atoms with E-state index < -0.39 is 0 Å². The lowest BCUT2D eigenvalue weighted by Crippen LogP contribution is -2.06. The molecule has 13 heavy (non-hydrogen) atoms. The third-order valence-corrected chi connectivity index (χ3v) is 3.10. The van der Waals surface area contributed by atoms with Gasteiger partial charge >= 0.3 is 0 Å². The first-order valence-corrected chi connectivity index (χ1v) is 5.93. The second kappa shape index (κ2) is 5.43. The van der Waals surface area contributed by atoms with Crippen LogP contribution in [0, 0.1) is 5.92 Å². The van der Waals surface area contributed by atoms with Gasteiger partial charge in [0.05, 0.1) is 5.69 Å². The molecule has 0 fully saturated rings. The van der Waals surface area contributed by atoms with E-state index in [-0.39, 0.29) is 0 Å². The number of halogens is 1. The topological polar surface area (TPSA) is 17.8 Å². The highest BCUT2D eigenvalue weighted by Gasteiger charge is 2.08. The molecule has 0 aliphatic carbocycles. The lowest BCUT2D eigenvalue weighted by atomic mass is 10.0. The van der Waals surface area contributed by atoms with Gasteiger partial charge in [-0.05, 0) is 24.8 Å². The molecule has 3 heteroatoms. The lowest BCUT2D eigenvalue weighted by Gasteiger charge is -2.10. The average Bonchev–Trinajstić information content (AvgIpc) is 2.50. The van der Waals surface area contributed by atoms with Crippen LogP contribution in [-0.2, 0) is 13.5 Å². The van der Waals surface area contributed by atoms with Crippen LogP contribution >= 0.6 is 15.9 Å². The molecule has 1 heterocycles. The van der Waals surface area contributed by atoms with Crippen LogP contribution in [0.3, 0.4) is 0 Å². The van der Waals surface area contributed by atoms with Gasteiger partial charge in [0.2, 0.25) is 0 Å². The van der Waals surface area contributed by atoms with Crippen LogP contribution < -0.4 is 0 Å². The van der Waals surface area contributed by atoms with Crippen molar-refractivity contribution in [2.75, 3.05) is 5.33 Å². The Hall–Kier alpha value is -0.310. The van der Waals surface area contributed by atoms with Gasteiger partial charge in [-0.15, -0.1) is 0 Å². The Morgan fingerprint density at radius 3 is 2.85 bits per heavy atom. The number of alkyl halides is 1. The Morgan fingerprint density at radius 2 is 2.38 bits per heavy atom. The number of nitrogens with zero attached hydrogens (tertiary/aromatic N) is 2. The molecule has 0 aromatic carbocycles. The molecule has 1 atom stereocenters. The molecule has 74 valence electrons. The van der Waals surface area contributed by atoms with Gasteiger partial charge in [-0.1, -0.05) is 29.3 Å². The highest BCUT2D eigenvalue weighted by Crippen LogP contribution is 2.14. The third-order valence-electron chi connectivity index (χ3n) is 2.18. The first-order chi connectivity index (χ1) is 6.26. The van der Waals surface area contributed by atoms with Gasteiger partial charge < -0.3 is 0 Å². The first-order valence-electron chi connectivity index (χ1n) is 4.80. The van der Waals surface area contributed by atoms with Gasteiger partial charge in [-0.2, -0.15) is 5.10 Å². The maximum Gasteiger partial charge on any atom is 0.0627 e. The molecule has 0 N–H and O–H groups in total. The van der Waals surface area contributed by atoms with Crippen molar-refractivity contribution in [2.45, 2.75) is 26.2 Å². The van der Waals surface area contributed by atoms with Crippen LogP contribution in [0.5, 0.6) is 0 Å². The van der Waals surface area contributed by atoms with Gasteiger partial charge in [-0.25, -0.2) is 0 Å². The summed E-state index contributed by atoms with van der Waals surface area (Å²) in [5.41, 5.74) is 1.21. The minimum absolute atomic E-state index is 0.736. The summed E-state index contributed by atoms with van der Waals surface area (Å²) in [6.45, 7) is 2.23. The molecule has 1 unspecified atom stereocenters. The summed E-state index contributed by atoms with van der Waals surface area (Å²) in [6, 6.07) is 2.10. The number of aromatic nitrogens is 2. The molecule has 0 aliphatic heterocycles. The largest absolute Gasteiger partial charge is 0.276 e. The Morgan fingerprint density at radius 1 is 1.62 bits per heavy atom. The van der Waals surface area contributed by atoms with Crippen molar-refractivity contribution in [1.82, 2.24) is 9.78 Å². The Labute approximate surface area is 88.5 Å². The van der Waals surface area contributed by atoms with Crippen LogP contribution in [0.4, 0.5) is 0 Å². The number of aryl methyl sites for hydroxylation is 1. The Bertz CT molecular complexity index is 245. The van der Waals surface area contributed by atoms with Crippen LogP contribution in [0.15, 0.2) is 12.3 Å². The maximum absolute atomic E-state index is 4.38. The summed E-state index contributed by atoms with van der Waals surface area (Å²) in [7, 11) is 1.96. The molecule has 1 aromatic rings. The molecule has 0 saturated carbocycles. The van der Waals surface area contributed by atoms with Crippen molar-refractivity contribution in [3.63, 3.8) is 0 Å². The van der Waals surface area contributed by atoms with Crippen LogP contribution in [0.2, 0.25) is 0 Å². The van der Waals surface area contributed by atoms with Crippen LogP contribution in [0.25, 0.3) is 0 Å². The minimum atomic E-state index is 0.736. The van der Waals surface area contributed by atoms with E-state index in [9.17, 15) is 0 Å². The summed E-state index contributed by atoms with van der Waals surface area (Å²) in [5, 5.41) is 5.46. The molecule has 1 rings (SSSR count). The monoisotopic (exact) mass is 244 g/mol. The van der Waals surface area contributed by atoms with Crippen LogP contribution in [-0.4, -0.2) is 15.1 Å². The van der Waals surface area contributed by atoms with Gasteiger partial charge in [-0.3, -0.25) is 4.68 Å². The van der Waals surface area contributed by atoms with E-state index >= 15 is 0 Å². The van der Waals surface area contributed by atoms with Gasteiger partial charge in [0.25, 0.3) is 0 Å². The molecule has 0 aliphatic rings. The zero-order valence-electron chi connectivity index (χ0n) is 8.33. The summed E-state index contributed by atoms with van der Waals surface area (Å²) in [4.78, 5) is 0. The van der Waals surface area contributed by atoms with Crippen LogP contribution in [0.1, 0.15) is 25.5 Å². The summed E-state index contributed by atoms with van der Waals surface area (Å²) >= 11 is 3.55. The second-order valence-electron chi connectivity index (χ2n) is 3.49. The van der Waals surface area contributed by atoms with E-state index in [1.54, 1.807) is 0 Å². The molecule has 0 spiro atoms. The van der Waals surface area contributed by atoms with E-state index in [1.807, 2.05) is 17.9 Å². The Kier molecular flexibility index (Phi) is 4.50. The standard InChI is InChI=1S/C10H17BrN2/c1-3-4-9(8-11)7-10-5-6-13(2)12-10/h5-6,9H,3-4,7-8H2,1-2H3. The number of hydrogen-bond acceptors (Lipinski definition) is 1. The fourth-order valence-corrected chi connectivity index (χ4v) is 2.06. The van der Waals surface area contributed by atoms with Crippen molar-refractivity contribution in [3.8, 4) is 0 Å². The molecular weight excluding hydrogens is 228 g/mol. The predicted molar refractivity (Wildman–Crippen MR) is 59.1 cm³/mol. The van der Waals surface area contributed by atoms with Crippen molar-refractivity contribution < 1.29 is 0 Å². The highest BCUT2D eigenvalue weighted by molar-refractivity contribution is 9.09. The molecule has 0 bridgehead atoms. The van der Waals surface area contributed by atoms with Gasteiger partial charge in [0.1, 0.15) is 0 Å². The molecule has 0 radical (unpaired) electrons. The third kappa shape index (κ3) is 3.51. The van der Waals surface area contributed by atoms with Crippen molar-refractivity contribution in [2.24, 2.45) is 13.0 Å². The SMILES string of the molecule is CCCC(CBr)Cc1ccn(C)n1. The normalized spacial score (nSPS) is 13.2. The predicted octanol–water partition coefficient (Wildman–Crippen LogP) is 2.77. The number of hydrogen-bond donors (Lipinski definition) is 0. The summed E-state index contributed by atoms with van der Waals surface area (Å²) in [5.74, 6) is 0.736. The zero-order chi connectivity index (χ0) is 9.68. The smallest absolute Gasteiger partial charge is 0.0627 e. The maximum atomic E-state index is 4.38. The van der Waals surface area contributed by atoms with Crippen molar-refractivity contribution in [1.29, 1.82) is 0 Å². The zero-order valence-corrected chi connectivity index (χ0v) is 9.92. The molecule has 1 aromatic heterocycles. The molecule has 2 nitrogen and oxygen atoms in total. The van der Waals surface area contributed by atoms with E-state index in [2.05, 4.69) is 34.0 Å². The van der Waals surface area contributed by atoms with E-state index in [0.29, 0.717) is 0 Å². The lowest BCUT2D eigenvalue weighted by molar-refractivity contribution is 0.524. The van der Waals surface area contributed by atoms with Gasteiger partial charge in [0.15, 0.2) is 0 Å². The highest BCUT2D eigenvalue weighted by atomic mass is 79.9. The average molecular weight is 245 g/mol. The second-order valence-corrected chi connectivity index (χ2v) is 4.14. The van der Waals surface area contributed by atoms with Gasteiger partial charge in [0, 0.05) is 18.6 Å². The fourth-order valence-electron chi connectivity index (χ4n) is 1.51. The quantitative estimate of drug-likeness (QED) is 0.729. The molecular formula is C10H17BrN2. The summed E-state index contributed by atoms with van der Waals surface area (Å²) < 4.78 is 1.87. The van der Waals surface area contributed by atoms with E-state index in [0.717, 1.165) is 17.7 Å². The molecule has 0 amide bonds. The van der Waals surface area contributed by atoms with Crippen molar-refractivity contribution >= 4 is 15.9 Å².